The number of halogens is 1. The number of benzene rings is 1. The van der Waals surface area contributed by atoms with Crippen LogP contribution in [0.5, 0.6) is 0 Å². The van der Waals surface area contributed by atoms with Crippen molar-refractivity contribution in [3.8, 4) is 11.3 Å². The molecular weight excluding hydrogens is 332 g/mol. The fraction of sp³-hybridized carbons (Fsp3) is 0.200. The predicted molar refractivity (Wildman–Crippen MR) is 81.2 cm³/mol. The summed E-state index contributed by atoms with van der Waals surface area (Å²) in [4.78, 5) is 21.1. The van der Waals surface area contributed by atoms with Crippen molar-refractivity contribution in [3.63, 3.8) is 0 Å². The molecule has 0 N–H and O–H groups in total. The fourth-order valence-electron chi connectivity index (χ4n) is 2.78. The van der Waals surface area contributed by atoms with Gasteiger partial charge in [0.05, 0.1) is 17.0 Å². The van der Waals surface area contributed by atoms with E-state index in [1.54, 1.807) is 4.52 Å². The van der Waals surface area contributed by atoms with Gasteiger partial charge in [-0.2, -0.15) is 14.6 Å². The molecule has 2 aromatic heterocycles. The van der Waals surface area contributed by atoms with Gasteiger partial charge in [-0.15, -0.1) is 0 Å². The third-order valence-corrected chi connectivity index (χ3v) is 4.24. The number of ketones is 1. The van der Waals surface area contributed by atoms with Crippen LogP contribution in [0.15, 0.2) is 35.1 Å². The zero-order chi connectivity index (χ0) is 14.4. The van der Waals surface area contributed by atoms with Crippen LogP contribution in [0.4, 0.5) is 0 Å². The van der Waals surface area contributed by atoms with Gasteiger partial charge in [-0.3, -0.25) is 4.79 Å². The fourth-order valence-corrected chi connectivity index (χ4v) is 3.04. The smallest absolute Gasteiger partial charge is 0.252 e. The Morgan fingerprint density at radius 3 is 2.76 bits per heavy atom. The number of Topliss-reactive ketones (excluding diaryl/α,β-unsaturated/α-hetero) is 1. The number of hydrogen-bond donors (Lipinski definition) is 0. The van der Waals surface area contributed by atoms with Gasteiger partial charge in [-0.1, -0.05) is 28.1 Å². The van der Waals surface area contributed by atoms with Gasteiger partial charge in [-0.05, 0) is 25.0 Å². The second kappa shape index (κ2) is 4.73. The normalized spacial score (nSPS) is 14.4. The van der Waals surface area contributed by atoms with E-state index in [4.69, 9.17) is 0 Å². The van der Waals surface area contributed by atoms with Crippen LogP contribution in [0.3, 0.4) is 0 Å². The molecule has 5 nitrogen and oxygen atoms in total. The average Bonchev–Trinajstić information content (AvgIpc) is 2.94. The van der Waals surface area contributed by atoms with E-state index in [2.05, 4.69) is 31.0 Å². The molecule has 104 valence electrons. The number of aromatic nitrogens is 4. The zero-order valence-corrected chi connectivity index (χ0v) is 12.7. The van der Waals surface area contributed by atoms with Crippen molar-refractivity contribution in [1.82, 2.24) is 19.6 Å². The lowest BCUT2D eigenvalue weighted by Crippen LogP contribution is -2.17. The number of fused-ring (bicyclic) bond motifs is 2. The molecule has 0 radical (unpaired) electrons. The van der Waals surface area contributed by atoms with Crippen molar-refractivity contribution in [2.24, 2.45) is 0 Å². The lowest BCUT2D eigenvalue weighted by molar-refractivity contribution is 0.0972. The molecule has 1 aliphatic carbocycles. The van der Waals surface area contributed by atoms with Gasteiger partial charge < -0.3 is 0 Å². The molecule has 0 amide bonds. The maximum atomic E-state index is 12.4. The molecule has 1 aromatic carbocycles. The SMILES string of the molecule is O=C1CCCc2nc3ncnn3c(-c3ccc(Br)cc3)c21. The van der Waals surface area contributed by atoms with E-state index >= 15 is 0 Å². The Balaban J connectivity index is 2.09. The number of rotatable bonds is 1. The van der Waals surface area contributed by atoms with E-state index in [-0.39, 0.29) is 5.78 Å². The van der Waals surface area contributed by atoms with Crippen LogP contribution in [-0.2, 0) is 6.42 Å². The third-order valence-electron chi connectivity index (χ3n) is 3.72. The molecule has 21 heavy (non-hydrogen) atoms. The Hall–Kier alpha value is -2.08. The van der Waals surface area contributed by atoms with Crippen molar-refractivity contribution < 1.29 is 4.79 Å². The molecule has 0 spiro atoms. The molecule has 0 aliphatic heterocycles. The summed E-state index contributed by atoms with van der Waals surface area (Å²) >= 11 is 3.43. The van der Waals surface area contributed by atoms with E-state index < -0.39 is 0 Å². The van der Waals surface area contributed by atoms with E-state index in [9.17, 15) is 4.79 Å². The quantitative estimate of drug-likeness (QED) is 0.681. The second-order valence-corrected chi connectivity index (χ2v) is 5.95. The number of nitrogens with zero attached hydrogens (tertiary/aromatic N) is 4. The number of carbonyl (C=O) groups excluding carboxylic acids is 1. The van der Waals surface area contributed by atoms with Gasteiger partial charge in [-0.25, -0.2) is 4.98 Å². The summed E-state index contributed by atoms with van der Waals surface area (Å²) in [6.07, 6.45) is 3.70. The molecule has 3 aromatic rings. The van der Waals surface area contributed by atoms with Crippen molar-refractivity contribution in [1.29, 1.82) is 0 Å². The summed E-state index contributed by atoms with van der Waals surface area (Å²) in [5, 5.41) is 4.24. The van der Waals surface area contributed by atoms with Crippen molar-refractivity contribution in [2.45, 2.75) is 19.3 Å². The first-order chi connectivity index (χ1) is 10.2. The summed E-state index contributed by atoms with van der Waals surface area (Å²) < 4.78 is 2.65. The second-order valence-electron chi connectivity index (χ2n) is 5.04. The molecular formula is C15H11BrN4O. The topological polar surface area (TPSA) is 60.2 Å². The molecule has 0 unspecified atom stereocenters. The van der Waals surface area contributed by atoms with Crippen molar-refractivity contribution >= 4 is 27.5 Å². The predicted octanol–water partition coefficient (Wildman–Crippen LogP) is 3.07. The molecule has 0 saturated carbocycles. The number of carbonyl (C=O) groups is 1. The third kappa shape index (κ3) is 1.98. The summed E-state index contributed by atoms with van der Waals surface area (Å²) in [5.74, 6) is 0.681. The van der Waals surface area contributed by atoms with Crippen molar-refractivity contribution in [3.05, 3.63) is 46.3 Å². The first kappa shape index (κ1) is 12.6. The van der Waals surface area contributed by atoms with Gasteiger partial charge in [0.2, 0.25) is 0 Å². The Morgan fingerprint density at radius 1 is 1.14 bits per heavy atom. The van der Waals surface area contributed by atoms with Crippen LogP contribution < -0.4 is 0 Å². The molecule has 0 saturated heterocycles. The van der Waals surface area contributed by atoms with Gasteiger partial charge in [0.1, 0.15) is 6.33 Å². The lowest BCUT2D eigenvalue weighted by atomic mass is 9.91. The highest BCUT2D eigenvalue weighted by atomic mass is 79.9. The first-order valence-electron chi connectivity index (χ1n) is 6.76. The van der Waals surface area contributed by atoms with Gasteiger partial charge in [0.25, 0.3) is 5.78 Å². The Bertz CT molecular complexity index is 854. The maximum absolute atomic E-state index is 12.4. The molecule has 1 aliphatic rings. The van der Waals surface area contributed by atoms with E-state index in [0.717, 1.165) is 34.3 Å². The van der Waals surface area contributed by atoms with Crippen LogP contribution in [0.1, 0.15) is 28.9 Å². The minimum atomic E-state index is 0.138. The highest BCUT2D eigenvalue weighted by Crippen LogP contribution is 2.31. The lowest BCUT2D eigenvalue weighted by Gasteiger charge is -2.18. The molecule has 0 atom stereocenters. The summed E-state index contributed by atoms with van der Waals surface area (Å²) in [5.41, 5.74) is 3.28. The molecule has 6 heteroatoms. The minimum absolute atomic E-state index is 0.138. The van der Waals surface area contributed by atoms with E-state index in [1.807, 2.05) is 24.3 Å². The summed E-state index contributed by atoms with van der Waals surface area (Å²) in [6.45, 7) is 0. The minimum Gasteiger partial charge on any atom is -0.294 e. The first-order valence-corrected chi connectivity index (χ1v) is 7.55. The Morgan fingerprint density at radius 2 is 1.95 bits per heavy atom. The average molecular weight is 343 g/mol. The number of hydrogen-bond acceptors (Lipinski definition) is 4. The summed E-state index contributed by atoms with van der Waals surface area (Å²) in [6, 6.07) is 7.86. The molecule has 0 fully saturated rings. The van der Waals surface area contributed by atoms with Crippen LogP contribution in [0.2, 0.25) is 0 Å². The highest BCUT2D eigenvalue weighted by Gasteiger charge is 2.26. The highest BCUT2D eigenvalue weighted by molar-refractivity contribution is 9.10. The largest absolute Gasteiger partial charge is 0.294 e. The molecule has 0 bridgehead atoms. The van der Waals surface area contributed by atoms with Crippen LogP contribution in [-0.4, -0.2) is 25.4 Å². The van der Waals surface area contributed by atoms with Crippen molar-refractivity contribution in [2.75, 3.05) is 0 Å². The van der Waals surface area contributed by atoms with E-state index in [0.29, 0.717) is 17.8 Å². The maximum Gasteiger partial charge on any atom is 0.252 e. The van der Waals surface area contributed by atoms with Gasteiger partial charge in [0, 0.05) is 16.5 Å². The molecule has 4 rings (SSSR count). The van der Waals surface area contributed by atoms with Crippen LogP contribution in [0, 0.1) is 0 Å². The van der Waals surface area contributed by atoms with Gasteiger partial charge in [0.15, 0.2) is 5.78 Å². The monoisotopic (exact) mass is 342 g/mol. The zero-order valence-electron chi connectivity index (χ0n) is 11.1. The standard InChI is InChI=1S/C15H11BrN4O/c16-10-6-4-9(5-7-10)14-13-11(2-1-3-12(13)21)19-15-17-8-18-20(14)15/h4-8H,1-3H2. The summed E-state index contributed by atoms with van der Waals surface area (Å²) in [7, 11) is 0. The number of aryl methyl sites for hydroxylation is 1. The van der Waals surface area contributed by atoms with E-state index in [1.165, 1.54) is 6.33 Å². The Kier molecular flexibility index (Phi) is 2.85. The Labute approximate surface area is 129 Å². The van der Waals surface area contributed by atoms with Gasteiger partial charge >= 0.3 is 0 Å². The van der Waals surface area contributed by atoms with Crippen LogP contribution >= 0.6 is 15.9 Å². The molecule has 2 heterocycles. The van der Waals surface area contributed by atoms with Crippen LogP contribution in [0.25, 0.3) is 17.0 Å².